The van der Waals surface area contributed by atoms with Gasteiger partial charge in [-0.25, -0.2) is 9.59 Å². The number of carbonyl (C=O) groups is 3. The normalized spacial score (nSPS) is 10.2. The fraction of sp³-hybridized carbons (Fsp3) is 0.267. The first-order valence-corrected chi connectivity index (χ1v) is 6.39. The molecule has 0 saturated heterocycles. The van der Waals surface area contributed by atoms with Crippen molar-refractivity contribution >= 4 is 24.0 Å². The molecule has 0 spiro atoms. The van der Waals surface area contributed by atoms with Crippen LogP contribution in [0, 0.1) is 6.92 Å². The molecule has 0 aliphatic rings. The summed E-state index contributed by atoms with van der Waals surface area (Å²) in [4.78, 5) is 33.6. The molecule has 0 aliphatic carbocycles. The number of ether oxygens (including phenoxy) is 2. The zero-order chi connectivity index (χ0) is 15.7. The molecule has 21 heavy (non-hydrogen) atoms. The average molecular weight is 291 g/mol. The first kappa shape index (κ1) is 16.4. The molecule has 0 aromatic heterocycles. The van der Waals surface area contributed by atoms with Crippen LogP contribution in [0.5, 0.6) is 0 Å². The third kappa shape index (κ3) is 6.91. The highest BCUT2D eigenvalue weighted by atomic mass is 16.6. The van der Waals surface area contributed by atoms with Crippen molar-refractivity contribution < 1.29 is 23.9 Å². The highest BCUT2D eigenvalue weighted by Crippen LogP contribution is 2.05. The second-order valence-electron chi connectivity index (χ2n) is 4.12. The summed E-state index contributed by atoms with van der Waals surface area (Å²) in [5, 5.41) is 1.92. The van der Waals surface area contributed by atoms with Gasteiger partial charge in [0, 0.05) is 6.08 Å². The number of nitrogens with one attached hydrogen (secondary N) is 1. The van der Waals surface area contributed by atoms with Gasteiger partial charge in [-0.1, -0.05) is 29.8 Å². The minimum Gasteiger partial charge on any atom is -0.452 e. The van der Waals surface area contributed by atoms with E-state index < -0.39 is 24.6 Å². The zero-order valence-corrected chi connectivity index (χ0v) is 11.9. The predicted octanol–water partition coefficient (Wildman–Crippen LogP) is 1.82. The summed E-state index contributed by atoms with van der Waals surface area (Å²) in [5.41, 5.74) is 1.92. The maximum Gasteiger partial charge on any atom is 0.413 e. The minimum atomic E-state index is -0.867. The first-order valence-electron chi connectivity index (χ1n) is 6.39. The Hall–Kier alpha value is -2.63. The Morgan fingerprint density at radius 2 is 2.00 bits per heavy atom. The van der Waals surface area contributed by atoms with E-state index in [1.807, 2.05) is 36.5 Å². The Morgan fingerprint density at radius 1 is 1.24 bits per heavy atom. The molecule has 6 heteroatoms. The van der Waals surface area contributed by atoms with Crippen LogP contribution in [-0.2, 0) is 19.1 Å². The number of amides is 2. The van der Waals surface area contributed by atoms with Crippen LogP contribution in [0.3, 0.4) is 0 Å². The Morgan fingerprint density at radius 3 is 2.67 bits per heavy atom. The Balaban J connectivity index is 2.37. The smallest absolute Gasteiger partial charge is 0.413 e. The van der Waals surface area contributed by atoms with Crippen molar-refractivity contribution in [1.29, 1.82) is 0 Å². The van der Waals surface area contributed by atoms with E-state index in [1.54, 1.807) is 13.0 Å². The van der Waals surface area contributed by atoms with E-state index in [0.29, 0.717) is 0 Å². The number of rotatable bonds is 5. The number of esters is 1. The standard InChI is InChI=1S/C15H17NO5/c1-3-20-15(19)16-13(17)10-21-14(18)8-7-12-6-4-5-11(2)9-12/h4-9H,3,10H2,1-2H3,(H,16,17,19)/b8-7+. The van der Waals surface area contributed by atoms with Crippen LogP contribution >= 0.6 is 0 Å². The van der Waals surface area contributed by atoms with Gasteiger partial charge in [-0.05, 0) is 25.5 Å². The van der Waals surface area contributed by atoms with Gasteiger partial charge in [0.2, 0.25) is 0 Å². The predicted molar refractivity (Wildman–Crippen MR) is 76.3 cm³/mol. The van der Waals surface area contributed by atoms with Crippen LogP contribution in [0.4, 0.5) is 4.79 Å². The molecule has 6 nitrogen and oxygen atoms in total. The highest BCUT2D eigenvalue weighted by Gasteiger charge is 2.09. The molecule has 1 aromatic rings. The van der Waals surface area contributed by atoms with Crippen molar-refractivity contribution in [3.63, 3.8) is 0 Å². The van der Waals surface area contributed by atoms with Gasteiger partial charge in [-0.3, -0.25) is 10.1 Å². The van der Waals surface area contributed by atoms with E-state index in [-0.39, 0.29) is 6.61 Å². The molecule has 0 radical (unpaired) electrons. The monoisotopic (exact) mass is 291 g/mol. The molecule has 0 bridgehead atoms. The molecule has 1 N–H and O–H groups in total. The van der Waals surface area contributed by atoms with Gasteiger partial charge >= 0.3 is 12.1 Å². The van der Waals surface area contributed by atoms with Crippen molar-refractivity contribution in [2.24, 2.45) is 0 Å². The molecule has 0 atom stereocenters. The Kier molecular flexibility index (Phi) is 6.67. The maximum atomic E-state index is 11.4. The van der Waals surface area contributed by atoms with Gasteiger partial charge in [-0.15, -0.1) is 0 Å². The van der Waals surface area contributed by atoms with Gasteiger partial charge < -0.3 is 9.47 Å². The van der Waals surface area contributed by atoms with Crippen LogP contribution in [0.1, 0.15) is 18.1 Å². The van der Waals surface area contributed by atoms with Gasteiger partial charge in [0.15, 0.2) is 6.61 Å². The lowest BCUT2D eigenvalue weighted by molar-refractivity contribution is -0.143. The molecule has 0 heterocycles. The lowest BCUT2D eigenvalue weighted by Gasteiger charge is -2.04. The lowest BCUT2D eigenvalue weighted by Crippen LogP contribution is -2.34. The van der Waals surface area contributed by atoms with Crippen LogP contribution < -0.4 is 5.32 Å². The fourth-order valence-electron chi connectivity index (χ4n) is 1.44. The number of imide groups is 1. The van der Waals surface area contributed by atoms with Crippen molar-refractivity contribution in [1.82, 2.24) is 5.32 Å². The van der Waals surface area contributed by atoms with E-state index in [1.165, 1.54) is 6.08 Å². The molecule has 112 valence electrons. The molecule has 1 aromatic carbocycles. The third-order valence-electron chi connectivity index (χ3n) is 2.32. The van der Waals surface area contributed by atoms with Gasteiger partial charge in [0.05, 0.1) is 6.61 Å². The molecule has 0 fully saturated rings. The van der Waals surface area contributed by atoms with E-state index >= 15 is 0 Å². The van der Waals surface area contributed by atoms with Crippen LogP contribution in [0.2, 0.25) is 0 Å². The summed E-state index contributed by atoms with van der Waals surface area (Å²) < 4.78 is 9.20. The quantitative estimate of drug-likeness (QED) is 0.661. The summed E-state index contributed by atoms with van der Waals surface area (Å²) in [5.74, 6) is -1.42. The Labute approximate surface area is 122 Å². The van der Waals surface area contributed by atoms with E-state index in [9.17, 15) is 14.4 Å². The van der Waals surface area contributed by atoms with E-state index in [0.717, 1.165) is 11.1 Å². The SMILES string of the molecule is CCOC(=O)NC(=O)COC(=O)/C=C/c1cccc(C)c1. The third-order valence-corrected chi connectivity index (χ3v) is 2.32. The van der Waals surface area contributed by atoms with Gasteiger partial charge in [0.1, 0.15) is 0 Å². The molecule has 0 unspecified atom stereocenters. The summed E-state index contributed by atoms with van der Waals surface area (Å²) >= 11 is 0. The molecule has 1 rings (SSSR count). The topological polar surface area (TPSA) is 81.7 Å². The summed E-state index contributed by atoms with van der Waals surface area (Å²) in [6.45, 7) is 3.16. The number of hydrogen-bond acceptors (Lipinski definition) is 5. The second kappa shape index (κ2) is 8.52. The molecule has 0 aliphatic heterocycles. The van der Waals surface area contributed by atoms with Crippen LogP contribution in [-0.4, -0.2) is 31.2 Å². The van der Waals surface area contributed by atoms with Crippen molar-refractivity contribution in [2.45, 2.75) is 13.8 Å². The summed E-state index contributed by atoms with van der Waals surface area (Å²) in [6, 6.07) is 7.55. The number of hydrogen-bond donors (Lipinski definition) is 1. The first-order chi connectivity index (χ1) is 10.0. The number of carbonyl (C=O) groups excluding carboxylic acids is 3. The zero-order valence-electron chi connectivity index (χ0n) is 11.9. The van der Waals surface area contributed by atoms with E-state index in [2.05, 4.69) is 9.47 Å². The summed E-state index contributed by atoms with van der Waals surface area (Å²) in [7, 11) is 0. The molecule has 2 amide bonds. The van der Waals surface area contributed by atoms with Crippen molar-refractivity contribution in [3.05, 3.63) is 41.5 Å². The minimum absolute atomic E-state index is 0.151. The number of aryl methyl sites for hydroxylation is 1. The van der Waals surface area contributed by atoms with Crippen molar-refractivity contribution in [3.8, 4) is 0 Å². The van der Waals surface area contributed by atoms with Gasteiger partial charge in [0.25, 0.3) is 5.91 Å². The highest BCUT2D eigenvalue weighted by molar-refractivity contribution is 5.94. The van der Waals surface area contributed by atoms with Crippen molar-refractivity contribution in [2.75, 3.05) is 13.2 Å². The largest absolute Gasteiger partial charge is 0.452 e. The Bertz CT molecular complexity index is 551. The maximum absolute atomic E-state index is 11.4. The molecular formula is C15H17NO5. The van der Waals surface area contributed by atoms with Crippen LogP contribution in [0.25, 0.3) is 6.08 Å². The summed E-state index contributed by atoms with van der Waals surface area (Å²) in [6.07, 6.45) is 1.93. The average Bonchev–Trinajstić information content (AvgIpc) is 2.43. The fourth-order valence-corrected chi connectivity index (χ4v) is 1.44. The number of benzene rings is 1. The molecule has 0 saturated carbocycles. The molecular weight excluding hydrogens is 274 g/mol. The lowest BCUT2D eigenvalue weighted by atomic mass is 10.1. The second-order valence-corrected chi connectivity index (χ2v) is 4.12. The number of alkyl carbamates (subject to hydrolysis) is 1. The van der Waals surface area contributed by atoms with Crippen LogP contribution in [0.15, 0.2) is 30.3 Å². The van der Waals surface area contributed by atoms with Gasteiger partial charge in [-0.2, -0.15) is 0 Å². The van der Waals surface area contributed by atoms with E-state index in [4.69, 9.17) is 0 Å².